The molecule has 1 N–H and O–H groups in total. The van der Waals surface area contributed by atoms with Crippen LogP contribution in [0, 0.1) is 13.8 Å². The zero-order valence-corrected chi connectivity index (χ0v) is 11.2. The van der Waals surface area contributed by atoms with Gasteiger partial charge in [-0.3, -0.25) is 9.78 Å². The summed E-state index contributed by atoms with van der Waals surface area (Å²) in [7, 11) is 1.57. The van der Waals surface area contributed by atoms with Crippen LogP contribution in [-0.4, -0.2) is 17.9 Å². The van der Waals surface area contributed by atoms with Crippen molar-refractivity contribution in [2.24, 2.45) is 0 Å². The van der Waals surface area contributed by atoms with Crippen molar-refractivity contribution >= 4 is 5.91 Å². The first-order chi connectivity index (χ1) is 9.10. The average Bonchev–Trinajstić information content (AvgIpc) is 2.42. The van der Waals surface area contributed by atoms with Gasteiger partial charge in [0, 0.05) is 19.3 Å². The van der Waals surface area contributed by atoms with Crippen molar-refractivity contribution in [2.75, 3.05) is 7.05 Å². The lowest BCUT2D eigenvalue weighted by Crippen LogP contribution is -2.18. The highest BCUT2D eigenvalue weighted by molar-refractivity contribution is 5.92. The Morgan fingerprint density at radius 1 is 1.21 bits per heavy atom. The highest BCUT2D eigenvalue weighted by atomic mass is 16.5. The Morgan fingerprint density at radius 3 is 2.74 bits per heavy atom. The summed E-state index contributed by atoms with van der Waals surface area (Å²) in [6, 6.07) is 9.36. The van der Waals surface area contributed by atoms with Gasteiger partial charge in [-0.15, -0.1) is 0 Å². The number of nitrogens with zero attached hydrogens (tertiary/aromatic N) is 1. The van der Waals surface area contributed by atoms with Crippen LogP contribution >= 0.6 is 0 Å². The predicted octanol–water partition coefficient (Wildman–Crippen LogP) is 2.85. The summed E-state index contributed by atoms with van der Waals surface area (Å²) < 4.78 is 5.81. The van der Waals surface area contributed by atoms with Crippen LogP contribution in [-0.2, 0) is 0 Å². The van der Waals surface area contributed by atoms with Crippen molar-refractivity contribution in [1.29, 1.82) is 0 Å². The van der Waals surface area contributed by atoms with Crippen LogP contribution in [0.15, 0.2) is 36.5 Å². The Bertz CT molecular complexity index is 609. The number of carbonyl (C=O) groups is 1. The molecule has 2 rings (SSSR count). The molecule has 0 aliphatic rings. The van der Waals surface area contributed by atoms with Crippen molar-refractivity contribution in [3.8, 4) is 11.5 Å². The van der Waals surface area contributed by atoms with Crippen molar-refractivity contribution in [2.45, 2.75) is 13.8 Å². The lowest BCUT2D eigenvalue weighted by atomic mass is 10.1. The molecule has 0 aliphatic carbocycles. The number of nitrogens with one attached hydrogen (secondary N) is 1. The molecular formula is C15H16N2O2. The molecule has 1 heterocycles. The second kappa shape index (κ2) is 5.52. The number of hydrogen-bond donors (Lipinski definition) is 1. The van der Waals surface area contributed by atoms with E-state index < -0.39 is 0 Å². The molecule has 19 heavy (non-hydrogen) atoms. The topological polar surface area (TPSA) is 51.2 Å². The lowest BCUT2D eigenvalue weighted by molar-refractivity contribution is 0.0958. The average molecular weight is 256 g/mol. The fourth-order valence-corrected chi connectivity index (χ4v) is 1.67. The molecule has 4 nitrogen and oxygen atoms in total. The summed E-state index contributed by atoms with van der Waals surface area (Å²) in [5.41, 5.74) is 2.51. The number of aryl methyl sites for hydroxylation is 2. The number of hydrogen-bond acceptors (Lipinski definition) is 3. The van der Waals surface area contributed by atoms with E-state index in [0.29, 0.717) is 11.4 Å². The summed E-state index contributed by atoms with van der Waals surface area (Å²) in [5, 5.41) is 2.54. The highest BCUT2D eigenvalue weighted by Gasteiger charge is 2.07. The molecule has 1 amide bonds. The molecule has 0 radical (unpaired) electrons. The van der Waals surface area contributed by atoms with Gasteiger partial charge in [0.2, 0.25) is 0 Å². The third kappa shape index (κ3) is 3.10. The molecule has 1 aromatic carbocycles. The minimum atomic E-state index is -0.230. The van der Waals surface area contributed by atoms with Gasteiger partial charge in [0.25, 0.3) is 5.91 Å². The minimum absolute atomic E-state index is 0.230. The van der Waals surface area contributed by atoms with E-state index in [1.165, 1.54) is 0 Å². The largest absolute Gasteiger partial charge is 0.457 e. The third-order valence-electron chi connectivity index (χ3n) is 2.76. The number of rotatable bonds is 3. The maximum atomic E-state index is 11.5. The molecule has 0 fully saturated rings. The fourth-order valence-electron chi connectivity index (χ4n) is 1.67. The third-order valence-corrected chi connectivity index (χ3v) is 2.76. The summed E-state index contributed by atoms with van der Waals surface area (Å²) in [4.78, 5) is 15.5. The van der Waals surface area contributed by atoms with Crippen LogP contribution in [0.3, 0.4) is 0 Å². The zero-order chi connectivity index (χ0) is 13.8. The van der Waals surface area contributed by atoms with Crippen molar-refractivity contribution in [3.05, 3.63) is 53.3 Å². The van der Waals surface area contributed by atoms with Crippen LogP contribution in [0.5, 0.6) is 11.5 Å². The van der Waals surface area contributed by atoms with Crippen LogP contribution in [0.1, 0.15) is 21.6 Å². The van der Waals surface area contributed by atoms with Crippen LogP contribution < -0.4 is 10.1 Å². The van der Waals surface area contributed by atoms with Crippen molar-refractivity contribution in [3.63, 3.8) is 0 Å². The summed E-state index contributed by atoms with van der Waals surface area (Å²) in [6.07, 6.45) is 1.56. The second-order valence-electron chi connectivity index (χ2n) is 4.33. The van der Waals surface area contributed by atoms with Gasteiger partial charge < -0.3 is 10.1 Å². The van der Waals surface area contributed by atoms with E-state index in [-0.39, 0.29) is 5.91 Å². The number of benzene rings is 1. The van der Waals surface area contributed by atoms with E-state index in [4.69, 9.17) is 4.74 Å². The molecule has 0 saturated heterocycles. The van der Waals surface area contributed by atoms with Gasteiger partial charge in [0.15, 0.2) is 0 Å². The molecule has 98 valence electrons. The number of aromatic nitrogens is 1. The highest BCUT2D eigenvalue weighted by Crippen LogP contribution is 2.26. The molecule has 0 bridgehead atoms. The molecule has 0 spiro atoms. The SMILES string of the molecule is CNC(=O)c1cc(Oc2cc(C)ccc2C)ccn1. The van der Waals surface area contributed by atoms with E-state index in [2.05, 4.69) is 10.3 Å². The Balaban J connectivity index is 2.28. The maximum absolute atomic E-state index is 11.5. The first-order valence-corrected chi connectivity index (χ1v) is 6.03. The molecule has 2 aromatic rings. The number of ether oxygens (including phenoxy) is 1. The van der Waals surface area contributed by atoms with Gasteiger partial charge in [-0.05, 0) is 37.1 Å². The van der Waals surface area contributed by atoms with Gasteiger partial charge >= 0.3 is 0 Å². The normalized spacial score (nSPS) is 10.1. The maximum Gasteiger partial charge on any atom is 0.269 e. The number of pyridine rings is 1. The summed E-state index contributed by atoms with van der Waals surface area (Å²) >= 11 is 0. The number of amides is 1. The Kier molecular flexibility index (Phi) is 3.80. The molecule has 0 saturated carbocycles. The van der Waals surface area contributed by atoms with E-state index in [1.807, 2.05) is 32.0 Å². The molecule has 0 unspecified atom stereocenters. The van der Waals surface area contributed by atoms with Crippen molar-refractivity contribution in [1.82, 2.24) is 10.3 Å². The Morgan fingerprint density at radius 2 is 2.00 bits per heavy atom. The second-order valence-corrected chi connectivity index (χ2v) is 4.33. The molecule has 0 atom stereocenters. The van der Waals surface area contributed by atoms with Gasteiger partial charge in [-0.1, -0.05) is 12.1 Å². The van der Waals surface area contributed by atoms with E-state index in [0.717, 1.165) is 16.9 Å². The standard InChI is InChI=1S/C15H16N2O2/c1-10-4-5-11(2)14(8-10)19-12-6-7-17-13(9-12)15(18)16-3/h4-9H,1-3H3,(H,16,18). The van der Waals surface area contributed by atoms with Crippen molar-refractivity contribution < 1.29 is 9.53 Å². The zero-order valence-electron chi connectivity index (χ0n) is 11.2. The predicted molar refractivity (Wildman–Crippen MR) is 73.6 cm³/mol. The van der Waals surface area contributed by atoms with E-state index >= 15 is 0 Å². The quantitative estimate of drug-likeness (QED) is 0.918. The first kappa shape index (κ1) is 13.1. The molecule has 4 heteroatoms. The van der Waals surface area contributed by atoms with Crippen LogP contribution in [0.2, 0.25) is 0 Å². The van der Waals surface area contributed by atoms with E-state index in [1.54, 1.807) is 25.4 Å². The molecule has 1 aromatic heterocycles. The molecular weight excluding hydrogens is 240 g/mol. The fraction of sp³-hybridized carbons (Fsp3) is 0.200. The summed E-state index contributed by atoms with van der Waals surface area (Å²) in [5.74, 6) is 1.16. The van der Waals surface area contributed by atoms with Gasteiger partial charge in [0.05, 0.1) is 0 Å². The van der Waals surface area contributed by atoms with Gasteiger partial charge in [0.1, 0.15) is 17.2 Å². The minimum Gasteiger partial charge on any atom is -0.457 e. The van der Waals surface area contributed by atoms with Crippen LogP contribution in [0.25, 0.3) is 0 Å². The van der Waals surface area contributed by atoms with Gasteiger partial charge in [-0.25, -0.2) is 0 Å². The molecule has 0 aliphatic heterocycles. The van der Waals surface area contributed by atoms with E-state index in [9.17, 15) is 4.79 Å². The Hall–Kier alpha value is -2.36. The van der Waals surface area contributed by atoms with Gasteiger partial charge in [-0.2, -0.15) is 0 Å². The lowest BCUT2D eigenvalue weighted by Gasteiger charge is -2.10. The summed E-state index contributed by atoms with van der Waals surface area (Å²) in [6.45, 7) is 3.99. The Labute approximate surface area is 112 Å². The number of carbonyl (C=O) groups excluding carboxylic acids is 1. The first-order valence-electron chi connectivity index (χ1n) is 6.03. The monoisotopic (exact) mass is 256 g/mol. The van der Waals surface area contributed by atoms with Crippen LogP contribution in [0.4, 0.5) is 0 Å². The smallest absolute Gasteiger partial charge is 0.269 e.